The number of ether oxygens (including phenoxy) is 1. The average molecular weight is 221 g/mol. The van der Waals surface area contributed by atoms with Crippen LogP contribution in [0, 0.1) is 5.41 Å². The van der Waals surface area contributed by atoms with E-state index in [1.165, 1.54) is 0 Å². The molecule has 0 amide bonds. The van der Waals surface area contributed by atoms with Crippen LogP contribution < -0.4 is 5.73 Å². The second-order valence-corrected chi connectivity index (χ2v) is 4.57. The molecule has 16 heavy (non-hydrogen) atoms. The van der Waals surface area contributed by atoms with E-state index < -0.39 is 6.10 Å². The summed E-state index contributed by atoms with van der Waals surface area (Å²) in [5, 5.41) is 10.3. The molecule has 1 aromatic carbocycles. The smallest absolute Gasteiger partial charge is 0.0671 e. The SMILES string of the molecule is NCC1(C(O)Cc2ccccc2)CCOC1. The van der Waals surface area contributed by atoms with E-state index in [1.54, 1.807) is 0 Å². The van der Waals surface area contributed by atoms with E-state index in [0.29, 0.717) is 26.2 Å². The van der Waals surface area contributed by atoms with E-state index in [1.807, 2.05) is 30.3 Å². The second kappa shape index (κ2) is 4.95. The Morgan fingerprint density at radius 1 is 1.38 bits per heavy atom. The topological polar surface area (TPSA) is 55.5 Å². The summed E-state index contributed by atoms with van der Waals surface area (Å²) in [4.78, 5) is 0. The van der Waals surface area contributed by atoms with Gasteiger partial charge in [-0.2, -0.15) is 0 Å². The van der Waals surface area contributed by atoms with Crippen LogP contribution in [0.3, 0.4) is 0 Å². The van der Waals surface area contributed by atoms with E-state index >= 15 is 0 Å². The fourth-order valence-electron chi connectivity index (χ4n) is 2.24. The van der Waals surface area contributed by atoms with Crippen molar-refractivity contribution in [3.8, 4) is 0 Å². The highest BCUT2D eigenvalue weighted by Crippen LogP contribution is 2.32. The lowest BCUT2D eigenvalue weighted by molar-refractivity contribution is 0.0209. The zero-order chi connectivity index (χ0) is 11.4. The van der Waals surface area contributed by atoms with Crippen molar-refractivity contribution < 1.29 is 9.84 Å². The lowest BCUT2D eigenvalue weighted by atomic mass is 9.79. The standard InChI is InChI=1S/C13H19NO2/c14-9-13(6-7-16-10-13)12(15)8-11-4-2-1-3-5-11/h1-5,12,15H,6-10,14H2. The summed E-state index contributed by atoms with van der Waals surface area (Å²) in [7, 11) is 0. The Balaban J connectivity index is 2.04. The first-order chi connectivity index (χ1) is 7.77. The van der Waals surface area contributed by atoms with Crippen molar-refractivity contribution in [2.45, 2.75) is 18.9 Å². The molecule has 3 N–H and O–H groups in total. The quantitative estimate of drug-likeness (QED) is 0.796. The molecule has 0 saturated carbocycles. The van der Waals surface area contributed by atoms with Gasteiger partial charge in [0, 0.05) is 18.6 Å². The van der Waals surface area contributed by atoms with E-state index in [4.69, 9.17) is 10.5 Å². The third-order valence-corrected chi connectivity index (χ3v) is 3.52. The maximum absolute atomic E-state index is 10.3. The molecule has 1 aliphatic rings. The Hall–Kier alpha value is -0.900. The zero-order valence-corrected chi connectivity index (χ0v) is 9.43. The predicted molar refractivity (Wildman–Crippen MR) is 63.1 cm³/mol. The summed E-state index contributed by atoms with van der Waals surface area (Å²) in [6.45, 7) is 1.78. The molecule has 1 aliphatic heterocycles. The van der Waals surface area contributed by atoms with Crippen LogP contribution in [0.1, 0.15) is 12.0 Å². The summed E-state index contributed by atoms with van der Waals surface area (Å²) in [6, 6.07) is 10.0. The van der Waals surface area contributed by atoms with Gasteiger partial charge in [0.05, 0.1) is 12.7 Å². The van der Waals surface area contributed by atoms with Gasteiger partial charge in [0.25, 0.3) is 0 Å². The molecule has 2 unspecified atom stereocenters. The number of hydrogen-bond donors (Lipinski definition) is 2. The molecule has 3 nitrogen and oxygen atoms in total. The van der Waals surface area contributed by atoms with Crippen molar-refractivity contribution >= 4 is 0 Å². The Kier molecular flexibility index (Phi) is 3.59. The van der Waals surface area contributed by atoms with Crippen LogP contribution >= 0.6 is 0 Å². The van der Waals surface area contributed by atoms with Crippen molar-refractivity contribution in [3.05, 3.63) is 35.9 Å². The fourth-order valence-corrected chi connectivity index (χ4v) is 2.24. The second-order valence-electron chi connectivity index (χ2n) is 4.57. The lowest BCUT2D eigenvalue weighted by Gasteiger charge is -2.31. The van der Waals surface area contributed by atoms with E-state index in [-0.39, 0.29) is 5.41 Å². The van der Waals surface area contributed by atoms with E-state index in [2.05, 4.69) is 0 Å². The summed E-state index contributed by atoms with van der Waals surface area (Å²) in [6.07, 6.45) is 1.10. The summed E-state index contributed by atoms with van der Waals surface area (Å²) < 4.78 is 5.37. The van der Waals surface area contributed by atoms with Gasteiger partial charge in [-0.1, -0.05) is 30.3 Å². The van der Waals surface area contributed by atoms with Crippen LogP contribution in [0.25, 0.3) is 0 Å². The Labute approximate surface area is 96.2 Å². The van der Waals surface area contributed by atoms with Crippen molar-refractivity contribution in [3.63, 3.8) is 0 Å². The number of benzene rings is 1. The van der Waals surface area contributed by atoms with Crippen molar-refractivity contribution in [2.75, 3.05) is 19.8 Å². The number of rotatable bonds is 4. The summed E-state index contributed by atoms with van der Waals surface area (Å²) in [5.74, 6) is 0. The molecule has 0 aromatic heterocycles. The molecule has 0 bridgehead atoms. The van der Waals surface area contributed by atoms with E-state index in [0.717, 1.165) is 12.0 Å². The Morgan fingerprint density at radius 3 is 2.69 bits per heavy atom. The number of hydrogen-bond acceptors (Lipinski definition) is 3. The normalized spacial score (nSPS) is 26.9. The van der Waals surface area contributed by atoms with Crippen LogP contribution in [-0.2, 0) is 11.2 Å². The van der Waals surface area contributed by atoms with Gasteiger partial charge in [-0.05, 0) is 18.4 Å². The molecule has 0 aliphatic carbocycles. The first kappa shape index (κ1) is 11.6. The Morgan fingerprint density at radius 2 is 2.12 bits per heavy atom. The molecular formula is C13H19NO2. The monoisotopic (exact) mass is 221 g/mol. The molecule has 1 aromatic rings. The van der Waals surface area contributed by atoms with Gasteiger partial charge >= 0.3 is 0 Å². The van der Waals surface area contributed by atoms with Crippen LogP contribution in [-0.4, -0.2) is 31.0 Å². The van der Waals surface area contributed by atoms with Gasteiger partial charge in [0.2, 0.25) is 0 Å². The summed E-state index contributed by atoms with van der Waals surface area (Å²) >= 11 is 0. The maximum Gasteiger partial charge on any atom is 0.0671 e. The molecular weight excluding hydrogens is 202 g/mol. The number of aliphatic hydroxyl groups excluding tert-OH is 1. The third-order valence-electron chi connectivity index (χ3n) is 3.52. The minimum atomic E-state index is -0.414. The molecule has 1 fully saturated rings. The average Bonchev–Trinajstić information content (AvgIpc) is 2.80. The Bertz CT molecular complexity index is 320. The molecule has 1 saturated heterocycles. The molecule has 3 heteroatoms. The van der Waals surface area contributed by atoms with Crippen molar-refractivity contribution in [1.82, 2.24) is 0 Å². The van der Waals surface area contributed by atoms with Gasteiger partial charge in [0.1, 0.15) is 0 Å². The van der Waals surface area contributed by atoms with Crippen LogP contribution in [0.5, 0.6) is 0 Å². The number of aliphatic hydroxyl groups is 1. The fraction of sp³-hybridized carbons (Fsp3) is 0.538. The van der Waals surface area contributed by atoms with Crippen LogP contribution in [0.4, 0.5) is 0 Å². The minimum absolute atomic E-state index is 0.240. The van der Waals surface area contributed by atoms with Crippen LogP contribution in [0.15, 0.2) is 30.3 Å². The molecule has 88 valence electrons. The first-order valence-electron chi connectivity index (χ1n) is 5.77. The first-order valence-corrected chi connectivity index (χ1v) is 5.77. The largest absolute Gasteiger partial charge is 0.392 e. The molecule has 0 spiro atoms. The predicted octanol–water partition coefficient (Wildman–Crippen LogP) is 0.955. The van der Waals surface area contributed by atoms with Crippen molar-refractivity contribution in [2.24, 2.45) is 11.1 Å². The van der Waals surface area contributed by atoms with Gasteiger partial charge in [-0.15, -0.1) is 0 Å². The minimum Gasteiger partial charge on any atom is -0.392 e. The highest BCUT2D eigenvalue weighted by molar-refractivity contribution is 5.16. The van der Waals surface area contributed by atoms with Crippen molar-refractivity contribution in [1.29, 1.82) is 0 Å². The van der Waals surface area contributed by atoms with Gasteiger partial charge in [-0.3, -0.25) is 0 Å². The third kappa shape index (κ3) is 2.26. The lowest BCUT2D eigenvalue weighted by Crippen LogP contribution is -2.43. The highest BCUT2D eigenvalue weighted by Gasteiger charge is 2.40. The number of nitrogens with two attached hydrogens (primary N) is 1. The zero-order valence-electron chi connectivity index (χ0n) is 9.43. The van der Waals surface area contributed by atoms with Gasteiger partial charge in [0.15, 0.2) is 0 Å². The molecule has 2 rings (SSSR count). The molecule has 2 atom stereocenters. The molecule has 0 radical (unpaired) electrons. The summed E-state index contributed by atoms with van der Waals surface area (Å²) in [5.41, 5.74) is 6.69. The van der Waals surface area contributed by atoms with Crippen LogP contribution in [0.2, 0.25) is 0 Å². The molecule has 1 heterocycles. The maximum atomic E-state index is 10.3. The van der Waals surface area contributed by atoms with E-state index in [9.17, 15) is 5.11 Å². The van der Waals surface area contributed by atoms with Gasteiger partial charge in [-0.25, -0.2) is 0 Å². The van der Waals surface area contributed by atoms with Gasteiger partial charge < -0.3 is 15.6 Å². The highest BCUT2D eigenvalue weighted by atomic mass is 16.5.